The lowest BCUT2D eigenvalue weighted by Crippen LogP contribution is -2.52. The molecule has 0 aromatic rings. The number of piperidine rings is 1. The molecular formula is C26H40FN7O2. The van der Waals surface area contributed by atoms with E-state index in [2.05, 4.69) is 27.1 Å². The van der Waals surface area contributed by atoms with Gasteiger partial charge in [-0.15, -0.1) is 0 Å². The molecule has 0 radical (unpaired) electrons. The van der Waals surface area contributed by atoms with Crippen molar-refractivity contribution in [1.29, 1.82) is 0 Å². The van der Waals surface area contributed by atoms with Gasteiger partial charge in [0, 0.05) is 63.2 Å². The van der Waals surface area contributed by atoms with Crippen LogP contribution in [0.1, 0.15) is 46.0 Å². The van der Waals surface area contributed by atoms with Crippen LogP contribution in [-0.4, -0.2) is 85.6 Å². The number of nitrogens with two attached hydrogens (primary N) is 2. The zero-order valence-corrected chi connectivity index (χ0v) is 21.6. The number of allylic oxidation sites excluding steroid dienone is 1. The highest BCUT2D eigenvalue weighted by atomic mass is 19.1. The highest BCUT2D eigenvalue weighted by Gasteiger charge is 2.68. The highest BCUT2D eigenvalue weighted by Crippen LogP contribution is 2.71. The van der Waals surface area contributed by atoms with Crippen molar-refractivity contribution >= 4 is 24.2 Å². The zero-order valence-electron chi connectivity index (χ0n) is 21.6. The van der Waals surface area contributed by atoms with Crippen molar-refractivity contribution in [2.24, 2.45) is 50.0 Å². The van der Waals surface area contributed by atoms with E-state index in [4.69, 9.17) is 11.5 Å². The average Bonchev–Trinajstić information content (AvgIpc) is 3.38. The summed E-state index contributed by atoms with van der Waals surface area (Å²) in [7, 11) is 1.87. The third-order valence-electron chi connectivity index (χ3n) is 9.82. The number of amides is 2. The quantitative estimate of drug-likeness (QED) is 0.469. The molecule has 3 fully saturated rings. The molecule has 36 heavy (non-hydrogen) atoms. The van der Waals surface area contributed by atoms with E-state index in [1.165, 1.54) is 6.21 Å². The summed E-state index contributed by atoms with van der Waals surface area (Å²) in [4.78, 5) is 39.2. The number of carbonyl (C=O) groups is 2. The average molecular weight is 502 g/mol. The molecule has 0 aromatic heterocycles. The first-order valence-corrected chi connectivity index (χ1v) is 13.3. The number of halogens is 1. The smallest absolute Gasteiger partial charge is 0.232 e. The maximum absolute atomic E-state index is 14.9. The predicted octanol–water partition coefficient (Wildman–Crippen LogP) is 1.05. The van der Waals surface area contributed by atoms with Crippen molar-refractivity contribution in [3.8, 4) is 0 Å². The Morgan fingerprint density at radius 3 is 2.86 bits per heavy atom. The van der Waals surface area contributed by atoms with Gasteiger partial charge in [0.2, 0.25) is 11.8 Å². The van der Waals surface area contributed by atoms with Crippen molar-refractivity contribution in [3.63, 3.8) is 0 Å². The summed E-state index contributed by atoms with van der Waals surface area (Å²) >= 11 is 0. The molecule has 1 aliphatic carbocycles. The van der Waals surface area contributed by atoms with Gasteiger partial charge in [0.15, 0.2) is 0 Å². The lowest BCUT2D eigenvalue weighted by Gasteiger charge is -2.38. The van der Waals surface area contributed by atoms with Crippen LogP contribution in [0.15, 0.2) is 21.4 Å². The van der Waals surface area contributed by atoms with E-state index in [1.807, 2.05) is 18.9 Å². The molecule has 2 amide bonds. The van der Waals surface area contributed by atoms with E-state index in [0.29, 0.717) is 37.5 Å². The van der Waals surface area contributed by atoms with Gasteiger partial charge in [-0.2, -0.15) is 0 Å². The largest absolute Gasteiger partial charge is 0.372 e. The SMILES string of the molecule is CCC12CC(C(C(=O)NC3=C(N4CC[C@H]5CN(C)C(=O)[C@H]5C4)CCN=C3)C(N)N)N=CC(F)[C@@]1(C)C2. The Balaban J connectivity index is 1.36. The minimum Gasteiger partial charge on any atom is -0.372 e. The van der Waals surface area contributed by atoms with Gasteiger partial charge in [-0.3, -0.25) is 19.6 Å². The van der Waals surface area contributed by atoms with E-state index in [0.717, 1.165) is 38.0 Å². The van der Waals surface area contributed by atoms with Crippen LogP contribution >= 0.6 is 0 Å². The Morgan fingerprint density at radius 2 is 2.14 bits per heavy atom. The van der Waals surface area contributed by atoms with E-state index >= 15 is 0 Å². The number of hydrogen-bond acceptors (Lipinski definition) is 7. The first kappa shape index (κ1) is 25.3. The summed E-state index contributed by atoms with van der Waals surface area (Å²) in [5, 5.41) is 3.05. The summed E-state index contributed by atoms with van der Waals surface area (Å²) in [6, 6.07) is -0.487. The Morgan fingerprint density at radius 1 is 1.36 bits per heavy atom. The molecule has 9 nitrogen and oxygen atoms in total. The highest BCUT2D eigenvalue weighted by molar-refractivity contribution is 5.91. The number of dihydropyridines is 1. The van der Waals surface area contributed by atoms with Gasteiger partial charge < -0.3 is 26.6 Å². The number of fused-ring (bicyclic) bond motifs is 2. The first-order valence-electron chi connectivity index (χ1n) is 13.3. The second-order valence-electron chi connectivity index (χ2n) is 11.8. The number of nitrogens with one attached hydrogen (secondary N) is 1. The summed E-state index contributed by atoms with van der Waals surface area (Å²) < 4.78 is 14.9. The van der Waals surface area contributed by atoms with Crippen LogP contribution in [0.3, 0.4) is 0 Å². The Bertz CT molecular complexity index is 1010. The molecule has 4 heterocycles. The fourth-order valence-electron chi connectivity index (χ4n) is 7.31. The molecule has 10 heteroatoms. The normalized spacial score (nSPS) is 38.7. The third kappa shape index (κ3) is 4.06. The van der Waals surface area contributed by atoms with Gasteiger partial charge in [-0.25, -0.2) is 4.39 Å². The van der Waals surface area contributed by atoms with E-state index in [1.54, 1.807) is 6.21 Å². The molecule has 0 aromatic carbocycles. The van der Waals surface area contributed by atoms with Gasteiger partial charge in [0.25, 0.3) is 0 Å². The third-order valence-corrected chi connectivity index (χ3v) is 9.82. The molecule has 4 unspecified atom stereocenters. The molecule has 2 saturated heterocycles. The number of likely N-dealkylation sites (tertiary alicyclic amines) is 2. The standard InChI is InChI=1S/C26H40FN7O2/c1-4-26-9-17(31-11-20(27)25(26,2)14-26)21(22(28)29)23(35)32-18-10-30-7-5-19(18)34-8-6-15-12-33(3)24(36)16(15)13-34/h10-11,15-17,20-22H,4-9,12-14,28-29H2,1-3H3,(H,32,35)/t15-,16-,17?,20?,21?,25+,26?/m0/s1. The molecule has 7 atom stereocenters. The number of carbonyl (C=O) groups excluding carboxylic acids is 2. The molecule has 1 saturated carbocycles. The van der Waals surface area contributed by atoms with Crippen molar-refractivity contribution < 1.29 is 14.0 Å². The number of aliphatic imine (C=N–C) groups is 2. The number of hydrogen-bond donors (Lipinski definition) is 3. The van der Waals surface area contributed by atoms with Crippen molar-refractivity contribution in [2.45, 2.75) is 64.3 Å². The fraction of sp³-hybridized carbons (Fsp3) is 0.769. The van der Waals surface area contributed by atoms with Crippen LogP contribution < -0.4 is 16.8 Å². The second kappa shape index (κ2) is 9.20. The summed E-state index contributed by atoms with van der Waals surface area (Å²) in [5.41, 5.74) is 13.3. The van der Waals surface area contributed by atoms with Crippen LogP contribution in [0.2, 0.25) is 0 Å². The van der Waals surface area contributed by atoms with E-state index in [9.17, 15) is 14.0 Å². The number of alkyl halides is 1. The van der Waals surface area contributed by atoms with Crippen molar-refractivity contribution in [3.05, 3.63) is 11.4 Å². The lowest BCUT2D eigenvalue weighted by atomic mass is 9.80. The maximum Gasteiger partial charge on any atom is 0.232 e. The Labute approximate surface area is 212 Å². The fourth-order valence-corrected chi connectivity index (χ4v) is 7.31. The summed E-state index contributed by atoms with van der Waals surface area (Å²) in [6.07, 6.45) is 4.81. The minimum atomic E-state index is -1.14. The zero-order chi connectivity index (χ0) is 25.8. The van der Waals surface area contributed by atoms with Gasteiger partial charge in [0.1, 0.15) is 6.17 Å². The molecule has 0 bridgehead atoms. The molecule has 198 valence electrons. The number of nitrogens with zero attached hydrogens (tertiary/aromatic N) is 4. The summed E-state index contributed by atoms with van der Waals surface area (Å²) in [6.45, 7) is 6.99. The topological polar surface area (TPSA) is 129 Å². The van der Waals surface area contributed by atoms with Gasteiger partial charge >= 0.3 is 0 Å². The minimum absolute atomic E-state index is 0.00987. The lowest BCUT2D eigenvalue weighted by molar-refractivity contribution is -0.131. The van der Waals surface area contributed by atoms with Gasteiger partial charge in [-0.05, 0) is 37.0 Å². The predicted molar refractivity (Wildman–Crippen MR) is 137 cm³/mol. The van der Waals surface area contributed by atoms with Gasteiger partial charge in [0.05, 0.1) is 29.7 Å². The molecule has 4 aliphatic heterocycles. The number of rotatable bonds is 6. The van der Waals surface area contributed by atoms with Crippen LogP contribution in [0.25, 0.3) is 0 Å². The molecule has 5 N–H and O–H groups in total. The van der Waals surface area contributed by atoms with E-state index in [-0.39, 0.29) is 23.1 Å². The van der Waals surface area contributed by atoms with Crippen LogP contribution in [0.5, 0.6) is 0 Å². The molecule has 0 spiro atoms. The Hall–Kier alpha value is -2.33. The van der Waals surface area contributed by atoms with Crippen molar-refractivity contribution in [1.82, 2.24) is 15.1 Å². The van der Waals surface area contributed by atoms with E-state index < -0.39 is 29.7 Å². The molecule has 5 aliphatic rings. The monoisotopic (exact) mass is 501 g/mol. The molecular weight excluding hydrogens is 461 g/mol. The molecule has 5 rings (SSSR count). The van der Waals surface area contributed by atoms with Crippen molar-refractivity contribution in [2.75, 3.05) is 33.2 Å². The summed E-state index contributed by atoms with van der Waals surface area (Å²) in [5.74, 6) is -0.529. The Kier molecular flexibility index (Phi) is 6.47. The van der Waals surface area contributed by atoms with Crippen LogP contribution in [0.4, 0.5) is 4.39 Å². The van der Waals surface area contributed by atoms with Crippen LogP contribution in [-0.2, 0) is 9.59 Å². The van der Waals surface area contributed by atoms with Gasteiger partial charge in [-0.1, -0.05) is 13.8 Å². The maximum atomic E-state index is 14.9. The second-order valence-corrected chi connectivity index (χ2v) is 11.8. The first-order chi connectivity index (χ1) is 17.1. The van der Waals surface area contributed by atoms with Crippen LogP contribution in [0, 0.1) is 28.6 Å².